The molecular formula is C16H11FN4. The molecule has 0 saturated heterocycles. The van der Waals surface area contributed by atoms with Gasteiger partial charge in [-0.3, -0.25) is 0 Å². The first kappa shape index (κ1) is 13.0. The molecular weight excluding hydrogens is 267 g/mol. The lowest BCUT2D eigenvalue weighted by Crippen LogP contribution is -2.01. The first-order valence-electron chi connectivity index (χ1n) is 6.34. The van der Waals surface area contributed by atoms with Crippen LogP contribution in [0.15, 0.2) is 48.8 Å². The fourth-order valence-corrected chi connectivity index (χ4v) is 1.83. The molecule has 0 N–H and O–H groups in total. The van der Waals surface area contributed by atoms with E-state index >= 15 is 0 Å². The number of pyridine rings is 2. The molecule has 3 aromatic rings. The zero-order valence-corrected chi connectivity index (χ0v) is 11.3. The van der Waals surface area contributed by atoms with Crippen LogP contribution in [0.1, 0.15) is 17.1 Å². The van der Waals surface area contributed by atoms with Gasteiger partial charge in [-0.1, -0.05) is 6.07 Å². The number of aryl methyl sites for hydroxylation is 1. The standard InChI is InChI=1S/C16H11FN4/c1-12-10-15(7-6-14-4-2-3-9-18-14)20-21(12)16-8-5-13(17)11-19-16/h2-5,8-11H,1H3. The Bertz CT molecular complexity index is 811. The Labute approximate surface area is 121 Å². The van der Waals surface area contributed by atoms with Crippen molar-refractivity contribution in [2.75, 3.05) is 0 Å². The van der Waals surface area contributed by atoms with Crippen LogP contribution in [0.2, 0.25) is 0 Å². The summed E-state index contributed by atoms with van der Waals surface area (Å²) in [6, 6.07) is 10.3. The Balaban J connectivity index is 1.92. The minimum atomic E-state index is -0.376. The van der Waals surface area contributed by atoms with Crippen molar-refractivity contribution in [1.82, 2.24) is 19.7 Å². The molecule has 0 bridgehead atoms. The van der Waals surface area contributed by atoms with Crippen LogP contribution < -0.4 is 0 Å². The minimum Gasteiger partial charge on any atom is -0.248 e. The van der Waals surface area contributed by atoms with E-state index in [4.69, 9.17) is 0 Å². The number of nitrogens with zero attached hydrogens (tertiary/aromatic N) is 4. The third kappa shape index (κ3) is 2.95. The fourth-order valence-electron chi connectivity index (χ4n) is 1.83. The highest BCUT2D eigenvalue weighted by Gasteiger charge is 2.05. The van der Waals surface area contributed by atoms with Crippen LogP contribution in [0.3, 0.4) is 0 Å². The summed E-state index contributed by atoms with van der Waals surface area (Å²) in [5.74, 6) is 6.08. The molecule has 0 aromatic carbocycles. The average molecular weight is 278 g/mol. The molecule has 0 spiro atoms. The summed E-state index contributed by atoms with van der Waals surface area (Å²) in [6.07, 6.45) is 2.85. The Morgan fingerprint density at radius 3 is 2.62 bits per heavy atom. The first-order valence-corrected chi connectivity index (χ1v) is 6.34. The normalized spacial score (nSPS) is 10.0. The van der Waals surface area contributed by atoms with Gasteiger partial charge >= 0.3 is 0 Å². The Kier molecular flexibility index (Phi) is 3.44. The fraction of sp³-hybridized carbons (Fsp3) is 0.0625. The van der Waals surface area contributed by atoms with E-state index in [1.807, 2.05) is 31.2 Å². The molecule has 4 nitrogen and oxygen atoms in total. The van der Waals surface area contributed by atoms with E-state index in [1.54, 1.807) is 16.9 Å². The van der Waals surface area contributed by atoms with Crippen LogP contribution in [0, 0.1) is 24.6 Å². The van der Waals surface area contributed by atoms with Gasteiger partial charge in [-0.05, 0) is 49.1 Å². The van der Waals surface area contributed by atoms with Gasteiger partial charge in [0.1, 0.15) is 17.2 Å². The number of rotatable bonds is 1. The van der Waals surface area contributed by atoms with E-state index in [1.165, 1.54) is 6.07 Å². The molecule has 0 aliphatic carbocycles. The summed E-state index contributed by atoms with van der Waals surface area (Å²) in [4.78, 5) is 8.13. The van der Waals surface area contributed by atoms with Crippen LogP contribution >= 0.6 is 0 Å². The molecule has 3 heterocycles. The lowest BCUT2D eigenvalue weighted by Gasteiger charge is -2.01. The monoisotopic (exact) mass is 278 g/mol. The molecule has 102 valence electrons. The highest BCUT2D eigenvalue weighted by molar-refractivity contribution is 5.38. The lowest BCUT2D eigenvalue weighted by atomic mass is 10.3. The molecule has 5 heteroatoms. The van der Waals surface area contributed by atoms with Gasteiger partial charge in [0.25, 0.3) is 0 Å². The van der Waals surface area contributed by atoms with E-state index < -0.39 is 0 Å². The predicted molar refractivity (Wildman–Crippen MR) is 76.3 cm³/mol. The molecule has 3 rings (SSSR count). The summed E-state index contributed by atoms with van der Waals surface area (Å²) in [6.45, 7) is 1.89. The average Bonchev–Trinajstić information content (AvgIpc) is 2.88. The second kappa shape index (κ2) is 5.55. The van der Waals surface area contributed by atoms with Crippen LogP contribution in [-0.4, -0.2) is 19.7 Å². The molecule has 0 aliphatic rings. The highest BCUT2D eigenvalue weighted by Crippen LogP contribution is 2.10. The summed E-state index contributed by atoms with van der Waals surface area (Å²) in [5.41, 5.74) is 2.17. The van der Waals surface area contributed by atoms with Gasteiger partial charge in [0.2, 0.25) is 0 Å². The van der Waals surface area contributed by atoms with Gasteiger partial charge in [-0.25, -0.2) is 19.0 Å². The predicted octanol–water partition coefficient (Wildman–Crippen LogP) is 2.51. The lowest BCUT2D eigenvalue weighted by molar-refractivity contribution is 0.618. The van der Waals surface area contributed by atoms with Crippen molar-refractivity contribution in [3.8, 4) is 17.7 Å². The van der Waals surface area contributed by atoms with Crippen LogP contribution in [0.25, 0.3) is 5.82 Å². The van der Waals surface area contributed by atoms with Crippen molar-refractivity contribution >= 4 is 0 Å². The van der Waals surface area contributed by atoms with Crippen molar-refractivity contribution in [3.05, 3.63) is 71.7 Å². The van der Waals surface area contributed by atoms with Gasteiger partial charge in [-0.15, -0.1) is 0 Å². The smallest absolute Gasteiger partial charge is 0.153 e. The highest BCUT2D eigenvalue weighted by atomic mass is 19.1. The van der Waals surface area contributed by atoms with Gasteiger partial charge in [0.05, 0.1) is 6.20 Å². The van der Waals surface area contributed by atoms with Gasteiger partial charge in [0.15, 0.2) is 5.82 Å². The number of hydrogen-bond acceptors (Lipinski definition) is 3. The van der Waals surface area contributed by atoms with Crippen LogP contribution in [0.5, 0.6) is 0 Å². The molecule has 0 saturated carbocycles. The third-order valence-electron chi connectivity index (χ3n) is 2.80. The van der Waals surface area contributed by atoms with E-state index in [-0.39, 0.29) is 5.82 Å². The second-order valence-electron chi connectivity index (χ2n) is 4.38. The maximum absolute atomic E-state index is 12.9. The van der Waals surface area contributed by atoms with Gasteiger partial charge < -0.3 is 0 Å². The van der Waals surface area contributed by atoms with Gasteiger partial charge in [-0.2, -0.15) is 5.10 Å². The van der Waals surface area contributed by atoms with Crippen molar-refractivity contribution in [1.29, 1.82) is 0 Å². The summed E-state index contributed by atoms with van der Waals surface area (Å²) >= 11 is 0. The molecule has 0 amide bonds. The molecule has 0 atom stereocenters. The largest absolute Gasteiger partial charge is 0.248 e. The van der Waals surface area contributed by atoms with Crippen molar-refractivity contribution < 1.29 is 4.39 Å². The third-order valence-corrected chi connectivity index (χ3v) is 2.80. The Morgan fingerprint density at radius 2 is 1.90 bits per heavy atom. The zero-order chi connectivity index (χ0) is 14.7. The zero-order valence-electron chi connectivity index (χ0n) is 11.3. The summed E-state index contributed by atoms with van der Waals surface area (Å²) in [5, 5.41) is 4.36. The summed E-state index contributed by atoms with van der Waals surface area (Å²) < 4.78 is 14.5. The maximum atomic E-state index is 12.9. The number of aromatic nitrogens is 4. The van der Waals surface area contributed by atoms with Crippen molar-refractivity contribution in [2.24, 2.45) is 0 Å². The molecule has 0 fully saturated rings. The van der Waals surface area contributed by atoms with E-state index in [2.05, 4.69) is 26.9 Å². The SMILES string of the molecule is Cc1cc(C#Cc2ccccn2)nn1-c1ccc(F)cn1. The maximum Gasteiger partial charge on any atom is 0.153 e. The van der Waals surface area contributed by atoms with Crippen LogP contribution in [-0.2, 0) is 0 Å². The summed E-state index contributed by atoms with van der Waals surface area (Å²) in [7, 11) is 0. The molecule has 0 aliphatic heterocycles. The van der Waals surface area contributed by atoms with Gasteiger partial charge in [0, 0.05) is 11.9 Å². The molecule has 3 aromatic heterocycles. The number of halogens is 1. The van der Waals surface area contributed by atoms with E-state index in [0.717, 1.165) is 11.9 Å². The first-order chi connectivity index (χ1) is 10.2. The molecule has 21 heavy (non-hydrogen) atoms. The quantitative estimate of drug-likeness (QED) is 0.642. The van der Waals surface area contributed by atoms with Crippen molar-refractivity contribution in [3.63, 3.8) is 0 Å². The Hall–Kier alpha value is -3.00. The van der Waals surface area contributed by atoms with Crippen molar-refractivity contribution in [2.45, 2.75) is 6.92 Å². The van der Waals surface area contributed by atoms with E-state index in [0.29, 0.717) is 17.2 Å². The topological polar surface area (TPSA) is 43.6 Å². The molecule has 0 unspecified atom stereocenters. The van der Waals surface area contributed by atoms with Crippen LogP contribution in [0.4, 0.5) is 4.39 Å². The minimum absolute atomic E-state index is 0.376. The second-order valence-corrected chi connectivity index (χ2v) is 4.38. The molecule has 0 radical (unpaired) electrons. The van der Waals surface area contributed by atoms with E-state index in [9.17, 15) is 4.39 Å². The number of hydrogen-bond donors (Lipinski definition) is 0. The Morgan fingerprint density at radius 1 is 1.05 bits per heavy atom.